The molecule has 0 saturated carbocycles. The third-order valence-corrected chi connectivity index (χ3v) is 5.93. The van der Waals surface area contributed by atoms with Crippen molar-refractivity contribution < 1.29 is 14.4 Å². The molecule has 2 N–H and O–H groups in total. The summed E-state index contributed by atoms with van der Waals surface area (Å²) in [6.07, 6.45) is 0.167. The molecular formula is C27H27N3O3. The van der Waals surface area contributed by atoms with Crippen LogP contribution in [0, 0.1) is 12.8 Å². The minimum atomic E-state index is -0.454. The molecule has 1 aliphatic rings. The normalized spacial score (nSPS) is 15.4. The number of anilines is 1. The zero-order valence-electron chi connectivity index (χ0n) is 18.6. The van der Waals surface area contributed by atoms with E-state index in [9.17, 15) is 14.4 Å². The van der Waals surface area contributed by atoms with Crippen molar-refractivity contribution in [2.24, 2.45) is 5.92 Å². The molecule has 0 radical (unpaired) electrons. The smallest absolute Gasteiger partial charge is 0.253 e. The molecule has 0 unspecified atom stereocenters. The summed E-state index contributed by atoms with van der Waals surface area (Å²) in [5.41, 5.74) is 4.01. The van der Waals surface area contributed by atoms with Gasteiger partial charge in [0, 0.05) is 26.1 Å². The fraction of sp³-hybridized carbons (Fsp3) is 0.222. The highest BCUT2D eigenvalue weighted by Gasteiger charge is 2.34. The Morgan fingerprint density at radius 1 is 0.939 bits per heavy atom. The van der Waals surface area contributed by atoms with Gasteiger partial charge in [-0.3, -0.25) is 14.4 Å². The van der Waals surface area contributed by atoms with E-state index in [4.69, 9.17) is 0 Å². The van der Waals surface area contributed by atoms with Gasteiger partial charge in [0.15, 0.2) is 0 Å². The monoisotopic (exact) mass is 441 g/mol. The first-order valence-electron chi connectivity index (χ1n) is 11.1. The van der Waals surface area contributed by atoms with E-state index in [0.29, 0.717) is 30.9 Å². The molecule has 0 spiro atoms. The van der Waals surface area contributed by atoms with Crippen LogP contribution in [-0.2, 0) is 22.7 Å². The molecule has 1 fully saturated rings. The topological polar surface area (TPSA) is 78.5 Å². The van der Waals surface area contributed by atoms with Crippen LogP contribution < -0.4 is 10.6 Å². The van der Waals surface area contributed by atoms with E-state index in [1.807, 2.05) is 61.5 Å². The second-order valence-electron chi connectivity index (χ2n) is 8.30. The van der Waals surface area contributed by atoms with Gasteiger partial charge >= 0.3 is 0 Å². The average Bonchev–Trinajstić information content (AvgIpc) is 3.19. The number of rotatable bonds is 7. The Labute approximate surface area is 193 Å². The van der Waals surface area contributed by atoms with E-state index in [1.165, 1.54) is 0 Å². The molecule has 3 aromatic carbocycles. The van der Waals surface area contributed by atoms with Crippen LogP contribution in [0.3, 0.4) is 0 Å². The average molecular weight is 442 g/mol. The molecule has 0 aliphatic carbocycles. The lowest BCUT2D eigenvalue weighted by Crippen LogP contribution is -2.29. The van der Waals surface area contributed by atoms with Crippen molar-refractivity contribution in [1.82, 2.24) is 10.2 Å². The van der Waals surface area contributed by atoms with Crippen molar-refractivity contribution >= 4 is 23.4 Å². The van der Waals surface area contributed by atoms with Crippen LogP contribution in [0.1, 0.15) is 33.5 Å². The number of nitrogens with one attached hydrogen (secondary N) is 2. The van der Waals surface area contributed by atoms with Crippen LogP contribution in [0.25, 0.3) is 0 Å². The number of para-hydroxylation sites is 1. The molecule has 168 valence electrons. The highest BCUT2D eigenvalue weighted by atomic mass is 16.2. The summed E-state index contributed by atoms with van der Waals surface area (Å²) in [5.74, 6) is -1.01. The van der Waals surface area contributed by atoms with Gasteiger partial charge < -0.3 is 15.5 Å². The van der Waals surface area contributed by atoms with E-state index in [2.05, 4.69) is 10.6 Å². The minimum absolute atomic E-state index is 0.0386. The Morgan fingerprint density at radius 3 is 2.42 bits per heavy atom. The van der Waals surface area contributed by atoms with Crippen molar-refractivity contribution in [3.05, 3.63) is 101 Å². The predicted molar refractivity (Wildman–Crippen MR) is 127 cm³/mol. The zero-order chi connectivity index (χ0) is 23.2. The molecule has 4 rings (SSSR count). The summed E-state index contributed by atoms with van der Waals surface area (Å²) in [4.78, 5) is 39.9. The molecule has 0 aromatic heterocycles. The van der Waals surface area contributed by atoms with E-state index >= 15 is 0 Å². The molecular weight excluding hydrogens is 414 g/mol. The second kappa shape index (κ2) is 10.1. The van der Waals surface area contributed by atoms with Crippen LogP contribution >= 0.6 is 0 Å². The number of carbonyl (C=O) groups is 3. The highest BCUT2D eigenvalue weighted by Crippen LogP contribution is 2.23. The molecule has 33 heavy (non-hydrogen) atoms. The first-order valence-corrected chi connectivity index (χ1v) is 11.1. The Hall–Kier alpha value is -3.93. The Bertz CT molecular complexity index is 1160. The molecule has 3 amide bonds. The predicted octanol–water partition coefficient (Wildman–Crippen LogP) is 3.91. The summed E-state index contributed by atoms with van der Waals surface area (Å²) in [5, 5.41) is 5.80. The molecule has 1 atom stereocenters. The third-order valence-electron chi connectivity index (χ3n) is 5.93. The van der Waals surface area contributed by atoms with Crippen molar-refractivity contribution in [3.63, 3.8) is 0 Å². The standard InChI is InChI=1S/C27H27N3O3/c1-19-9-5-6-12-21(19)16-28-27(33)23-13-7-8-14-24(23)29-26(32)22-15-25(31)30(18-22)17-20-10-3-2-4-11-20/h2-14,22H,15-18H2,1H3,(H,28,33)(H,29,32)/t22-/m1/s1. The van der Waals surface area contributed by atoms with Crippen LogP contribution in [0.15, 0.2) is 78.9 Å². The Balaban J connectivity index is 1.39. The van der Waals surface area contributed by atoms with Crippen LogP contribution in [0.2, 0.25) is 0 Å². The lowest BCUT2D eigenvalue weighted by Gasteiger charge is -2.17. The number of benzene rings is 3. The van der Waals surface area contributed by atoms with Crippen molar-refractivity contribution in [3.8, 4) is 0 Å². The van der Waals surface area contributed by atoms with Gasteiger partial charge in [-0.15, -0.1) is 0 Å². The summed E-state index contributed by atoms with van der Waals surface area (Å²) in [6, 6.07) is 24.5. The fourth-order valence-electron chi connectivity index (χ4n) is 4.01. The molecule has 6 heteroatoms. The Kier molecular flexibility index (Phi) is 6.83. The van der Waals surface area contributed by atoms with E-state index in [0.717, 1.165) is 16.7 Å². The molecule has 1 saturated heterocycles. The van der Waals surface area contributed by atoms with Gasteiger partial charge in [-0.2, -0.15) is 0 Å². The van der Waals surface area contributed by atoms with Gasteiger partial charge in [-0.05, 0) is 35.7 Å². The number of nitrogens with zero attached hydrogens (tertiary/aromatic N) is 1. The molecule has 3 aromatic rings. The number of aryl methyl sites for hydroxylation is 1. The first-order chi connectivity index (χ1) is 16.0. The molecule has 1 heterocycles. The maximum atomic E-state index is 12.9. The summed E-state index contributed by atoms with van der Waals surface area (Å²) in [6.45, 7) is 3.25. The van der Waals surface area contributed by atoms with E-state index in [1.54, 1.807) is 29.2 Å². The van der Waals surface area contributed by atoms with Crippen LogP contribution in [0.5, 0.6) is 0 Å². The number of hydrogen-bond donors (Lipinski definition) is 2. The van der Waals surface area contributed by atoms with Crippen LogP contribution in [-0.4, -0.2) is 29.2 Å². The van der Waals surface area contributed by atoms with Crippen molar-refractivity contribution in [2.45, 2.75) is 26.4 Å². The zero-order valence-corrected chi connectivity index (χ0v) is 18.6. The third kappa shape index (κ3) is 5.47. The SMILES string of the molecule is Cc1ccccc1CNC(=O)c1ccccc1NC(=O)[C@@H]1CC(=O)N(Cc2ccccc2)C1. The first kappa shape index (κ1) is 22.3. The van der Waals surface area contributed by atoms with Gasteiger partial charge in [0.2, 0.25) is 11.8 Å². The Morgan fingerprint density at radius 2 is 1.64 bits per heavy atom. The van der Waals surface area contributed by atoms with Gasteiger partial charge in [-0.1, -0.05) is 66.7 Å². The van der Waals surface area contributed by atoms with Gasteiger partial charge in [-0.25, -0.2) is 0 Å². The van der Waals surface area contributed by atoms with Crippen LogP contribution in [0.4, 0.5) is 5.69 Å². The summed E-state index contributed by atoms with van der Waals surface area (Å²) in [7, 11) is 0. The minimum Gasteiger partial charge on any atom is -0.348 e. The van der Waals surface area contributed by atoms with E-state index in [-0.39, 0.29) is 24.1 Å². The number of likely N-dealkylation sites (tertiary alicyclic amines) is 1. The second-order valence-corrected chi connectivity index (χ2v) is 8.30. The lowest BCUT2D eigenvalue weighted by molar-refractivity contribution is -0.128. The number of hydrogen-bond acceptors (Lipinski definition) is 3. The van der Waals surface area contributed by atoms with Crippen molar-refractivity contribution in [1.29, 1.82) is 0 Å². The molecule has 6 nitrogen and oxygen atoms in total. The number of amides is 3. The fourth-order valence-corrected chi connectivity index (χ4v) is 4.01. The van der Waals surface area contributed by atoms with Gasteiger partial charge in [0.1, 0.15) is 0 Å². The summed E-state index contributed by atoms with van der Waals surface area (Å²) < 4.78 is 0. The molecule has 0 bridgehead atoms. The van der Waals surface area contributed by atoms with Crippen molar-refractivity contribution in [2.75, 3.05) is 11.9 Å². The largest absolute Gasteiger partial charge is 0.348 e. The van der Waals surface area contributed by atoms with E-state index < -0.39 is 5.92 Å². The molecule has 1 aliphatic heterocycles. The highest BCUT2D eigenvalue weighted by molar-refractivity contribution is 6.05. The maximum Gasteiger partial charge on any atom is 0.253 e. The summed E-state index contributed by atoms with van der Waals surface area (Å²) >= 11 is 0. The van der Waals surface area contributed by atoms with Gasteiger partial charge in [0.25, 0.3) is 5.91 Å². The quantitative estimate of drug-likeness (QED) is 0.584. The van der Waals surface area contributed by atoms with Gasteiger partial charge in [0.05, 0.1) is 17.2 Å². The lowest BCUT2D eigenvalue weighted by atomic mass is 10.1. The number of carbonyl (C=O) groups excluding carboxylic acids is 3. The maximum absolute atomic E-state index is 12.9.